The zero-order valence-electron chi connectivity index (χ0n) is 12.2. The molecule has 122 valence electrons. The van der Waals surface area contributed by atoms with Crippen molar-refractivity contribution in [2.24, 2.45) is 0 Å². The van der Waals surface area contributed by atoms with E-state index < -0.39 is 0 Å². The van der Waals surface area contributed by atoms with Crippen LogP contribution in [0.2, 0.25) is 15.1 Å². The van der Waals surface area contributed by atoms with Crippen LogP contribution in [0.15, 0.2) is 54.9 Å². The Morgan fingerprint density at radius 3 is 2.33 bits per heavy atom. The molecule has 0 spiro atoms. The van der Waals surface area contributed by atoms with Gasteiger partial charge in [0.15, 0.2) is 0 Å². The molecule has 0 atom stereocenters. The van der Waals surface area contributed by atoms with E-state index in [-0.39, 0.29) is 6.01 Å². The first-order chi connectivity index (χ1) is 11.6. The van der Waals surface area contributed by atoms with Crippen molar-refractivity contribution < 1.29 is 9.47 Å². The molecule has 4 nitrogen and oxygen atoms in total. The van der Waals surface area contributed by atoms with E-state index in [2.05, 4.69) is 9.97 Å². The topological polar surface area (TPSA) is 44.2 Å². The molecule has 0 aliphatic rings. The summed E-state index contributed by atoms with van der Waals surface area (Å²) < 4.78 is 11.3. The fourth-order valence-corrected chi connectivity index (χ4v) is 2.45. The molecule has 0 saturated heterocycles. The van der Waals surface area contributed by atoms with Crippen molar-refractivity contribution in [3.05, 3.63) is 75.5 Å². The lowest BCUT2D eigenvalue weighted by atomic mass is 10.2. The minimum atomic E-state index is 0.206. The molecule has 1 heterocycles. The number of nitrogens with zero attached hydrogens (tertiary/aromatic N) is 2. The summed E-state index contributed by atoms with van der Waals surface area (Å²) >= 11 is 17.8. The van der Waals surface area contributed by atoms with Crippen molar-refractivity contribution in [3.63, 3.8) is 0 Å². The molecule has 0 saturated carbocycles. The highest BCUT2D eigenvalue weighted by atomic mass is 35.5. The Morgan fingerprint density at radius 1 is 0.833 bits per heavy atom. The lowest BCUT2D eigenvalue weighted by Crippen LogP contribution is -1.97. The van der Waals surface area contributed by atoms with Crippen LogP contribution in [0.1, 0.15) is 5.56 Å². The molecular formula is C17H11Cl3N2O2. The fraction of sp³-hybridized carbons (Fsp3) is 0.0588. The van der Waals surface area contributed by atoms with Crippen LogP contribution in [0.5, 0.6) is 17.5 Å². The number of hydrogen-bond donors (Lipinski definition) is 0. The Bertz CT molecular complexity index is 841. The van der Waals surface area contributed by atoms with Crippen LogP contribution in [-0.4, -0.2) is 9.97 Å². The molecule has 3 aromatic rings. The minimum absolute atomic E-state index is 0.206. The van der Waals surface area contributed by atoms with E-state index in [9.17, 15) is 0 Å². The van der Waals surface area contributed by atoms with Gasteiger partial charge in [-0.15, -0.1) is 0 Å². The van der Waals surface area contributed by atoms with Gasteiger partial charge >= 0.3 is 6.01 Å². The third kappa shape index (κ3) is 4.51. The van der Waals surface area contributed by atoms with Gasteiger partial charge in [0, 0.05) is 21.7 Å². The van der Waals surface area contributed by atoms with E-state index in [4.69, 9.17) is 44.3 Å². The Labute approximate surface area is 153 Å². The van der Waals surface area contributed by atoms with Gasteiger partial charge in [0.25, 0.3) is 0 Å². The summed E-state index contributed by atoms with van der Waals surface area (Å²) in [5.41, 5.74) is 0.841. The molecule has 24 heavy (non-hydrogen) atoms. The Hall–Kier alpha value is -2.01. The smallest absolute Gasteiger partial charge is 0.321 e. The fourth-order valence-electron chi connectivity index (χ4n) is 1.89. The van der Waals surface area contributed by atoms with Crippen molar-refractivity contribution in [1.82, 2.24) is 9.97 Å². The van der Waals surface area contributed by atoms with Crippen LogP contribution in [-0.2, 0) is 6.61 Å². The maximum absolute atomic E-state index is 6.13. The molecule has 1 aromatic heterocycles. The third-order valence-electron chi connectivity index (χ3n) is 3.02. The van der Waals surface area contributed by atoms with E-state index in [1.54, 1.807) is 24.3 Å². The van der Waals surface area contributed by atoms with Crippen molar-refractivity contribution in [3.8, 4) is 17.5 Å². The zero-order chi connectivity index (χ0) is 16.9. The summed E-state index contributed by atoms with van der Waals surface area (Å²) in [4.78, 5) is 7.96. The van der Waals surface area contributed by atoms with Gasteiger partial charge in [-0.05, 0) is 24.3 Å². The van der Waals surface area contributed by atoms with Crippen LogP contribution in [0.4, 0.5) is 0 Å². The standard InChI is InChI=1S/C17H11Cl3N2O2/c18-12-5-4-11(16(20)6-12)10-23-14-2-1-3-15(7-14)24-17-21-8-13(19)9-22-17/h1-9H,10H2. The van der Waals surface area contributed by atoms with Crippen molar-refractivity contribution in [1.29, 1.82) is 0 Å². The monoisotopic (exact) mass is 380 g/mol. The number of ether oxygens (including phenoxy) is 2. The Balaban J connectivity index is 1.67. The first-order valence-corrected chi connectivity index (χ1v) is 8.06. The van der Waals surface area contributed by atoms with Crippen LogP contribution in [0.25, 0.3) is 0 Å². The largest absolute Gasteiger partial charge is 0.489 e. The number of hydrogen-bond acceptors (Lipinski definition) is 4. The first-order valence-electron chi connectivity index (χ1n) is 6.92. The molecule has 3 rings (SSSR count). The Morgan fingerprint density at radius 2 is 1.58 bits per heavy atom. The van der Waals surface area contributed by atoms with E-state index in [1.165, 1.54) is 12.4 Å². The molecule has 0 N–H and O–H groups in total. The lowest BCUT2D eigenvalue weighted by molar-refractivity contribution is 0.304. The van der Waals surface area contributed by atoms with Gasteiger partial charge in [-0.1, -0.05) is 46.9 Å². The van der Waals surface area contributed by atoms with Crippen molar-refractivity contribution >= 4 is 34.8 Å². The third-order valence-corrected chi connectivity index (χ3v) is 3.80. The summed E-state index contributed by atoms with van der Waals surface area (Å²) in [5.74, 6) is 1.18. The average molecular weight is 382 g/mol. The molecule has 2 aromatic carbocycles. The minimum Gasteiger partial charge on any atom is -0.489 e. The molecule has 0 radical (unpaired) electrons. The van der Waals surface area contributed by atoms with Crippen molar-refractivity contribution in [2.75, 3.05) is 0 Å². The predicted octanol–water partition coefficient (Wildman–Crippen LogP) is 5.81. The van der Waals surface area contributed by atoms with E-state index in [1.807, 2.05) is 18.2 Å². The second-order valence-corrected chi connectivity index (χ2v) is 6.07. The molecule has 0 unspecified atom stereocenters. The number of rotatable bonds is 5. The summed E-state index contributed by atoms with van der Waals surface area (Å²) in [6, 6.07) is 12.6. The summed E-state index contributed by atoms with van der Waals surface area (Å²) in [5, 5.41) is 1.59. The van der Waals surface area contributed by atoms with Gasteiger partial charge in [-0.25, -0.2) is 9.97 Å². The highest BCUT2D eigenvalue weighted by Crippen LogP contribution is 2.26. The summed E-state index contributed by atoms with van der Waals surface area (Å²) in [6.07, 6.45) is 2.93. The SMILES string of the molecule is Clc1cnc(Oc2cccc(OCc3ccc(Cl)cc3Cl)c2)nc1. The molecule has 0 fully saturated rings. The van der Waals surface area contributed by atoms with E-state index in [0.29, 0.717) is 33.2 Å². The highest BCUT2D eigenvalue weighted by molar-refractivity contribution is 6.35. The first kappa shape index (κ1) is 16.8. The quantitative estimate of drug-likeness (QED) is 0.559. The number of benzene rings is 2. The molecule has 0 amide bonds. The molecule has 7 heteroatoms. The summed E-state index contributed by atoms with van der Waals surface area (Å²) in [6.45, 7) is 0.316. The van der Waals surface area contributed by atoms with E-state index >= 15 is 0 Å². The van der Waals surface area contributed by atoms with E-state index in [0.717, 1.165) is 5.56 Å². The molecule has 0 bridgehead atoms. The number of halogens is 3. The zero-order valence-corrected chi connectivity index (χ0v) is 14.5. The van der Waals surface area contributed by atoms with Crippen LogP contribution >= 0.6 is 34.8 Å². The molecule has 0 aliphatic heterocycles. The average Bonchev–Trinajstić information content (AvgIpc) is 2.57. The lowest BCUT2D eigenvalue weighted by Gasteiger charge is -2.09. The van der Waals surface area contributed by atoms with Crippen LogP contribution < -0.4 is 9.47 Å². The van der Waals surface area contributed by atoms with Crippen LogP contribution in [0, 0.1) is 0 Å². The summed E-state index contributed by atoms with van der Waals surface area (Å²) in [7, 11) is 0. The van der Waals surface area contributed by atoms with Gasteiger partial charge in [-0.3, -0.25) is 0 Å². The van der Waals surface area contributed by atoms with Gasteiger partial charge in [0.2, 0.25) is 0 Å². The second kappa shape index (κ2) is 7.71. The highest BCUT2D eigenvalue weighted by Gasteiger charge is 2.05. The maximum Gasteiger partial charge on any atom is 0.321 e. The van der Waals surface area contributed by atoms with Gasteiger partial charge in [-0.2, -0.15) is 0 Å². The Kier molecular flexibility index (Phi) is 5.41. The van der Waals surface area contributed by atoms with Crippen LogP contribution in [0.3, 0.4) is 0 Å². The maximum atomic E-state index is 6.13. The van der Waals surface area contributed by atoms with Gasteiger partial charge in [0.05, 0.1) is 17.4 Å². The normalized spacial score (nSPS) is 10.5. The van der Waals surface area contributed by atoms with Crippen molar-refractivity contribution in [2.45, 2.75) is 6.61 Å². The second-order valence-electron chi connectivity index (χ2n) is 4.79. The van der Waals surface area contributed by atoms with Gasteiger partial charge < -0.3 is 9.47 Å². The predicted molar refractivity (Wildman–Crippen MR) is 94.4 cm³/mol. The molecule has 0 aliphatic carbocycles. The van der Waals surface area contributed by atoms with Gasteiger partial charge in [0.1, 0.15) is 18.1 Å². The number of aromatic nitrogens is 2. The molecular weight excluding hydrogens is 371 g/mol.